The molecule has 0 N–H and O–H groups in total. The number of rotatable bonds is 3. The Labute approximate surface area is 126 Å². The van der Waals surface area contributed by atoms with Crippen molar-refractivity contribution in [2.45, 2.75) is 25.0 Å². The summed E-state index contributed by atoms with van der Waals surface area (Å²) in [6.45, 7) is 3.04. The summed E-state index contributed by atoms with van der Waals surface area (Å²) in [6.07, 6.45) is 3.00. The predicted molar refractivity (Wildman–Crippen MR) is 81.5 cm³/mol. The Morgan fingerprint density at radius 1 is 1.48 bits per heavy atom. The first-order chi connectivity index (χ1) is 9.86. The molecule has 1 fully saturated rings. The lowest BCUT2D eigenvalue weighted by Gasteiger charge is -2.35. The molecule has 0 spiro atoms. The van der Waals surface area contributed by atoms with Gasteiger partial charge in [0.1, 0.15) is 6.07 Å². The van der Waals surface area contributed by atoms with Gasteiger partial charge in [-0.25, -0.2) is 12.7 Å². The fraction of sp³-hybridized carbons (Fsp3) is 0.571. The number of piperidine rings is 1. The molecule has 1 aliphatic rings. The second-order valence-electron chi connectivity index (χ2n) is 5.49. The van der Waals surface area contributed by atoms with E-state index in [-0.39, 0.29) is 0 Å². The van der Waals surface area contributed by atoms with Crippen LogP contribution in [-0.2, 0) is 10.0 Å². The first-order valence-electron chi connectivity index (χ1n) is 6.89. The van der Waals surface area contributed by atoms with Crippen molar-refractivity contribution in [1.82, 2.24) is 9.29 Å². The number of hydrogen-bond acceptors (Lipinski definition) is 5. The van der Waals surface area contributed by atoms with Crippen LogP contribution in [0.25, 0.3) is 0 Å². The molecular formula is C14H20N4O2S. The summed E-state index contributed by atoms with van der Waals surface area (Å²) in [5, 5.41) is 8.78. The van der Waals surface area contributed by atoms with Crippen LogP contribution in [0.3, 0.4) is 0 Å². The normalized spacial score (nSPS) is 19.6. The quantitative estimate of drug-likeness (QED) is 0.836. The summed E-state index contributed by atoms with van der Waals surface area (Å²) in [4.78, 5) is 6.11. The highest BCUT2D eigenvalue weighted by Crippen LogP contribution is 2.27. The van der Waals surface area contributed by atoms with Gasteiger partial charge >= 0.3 is 0 Å². The van der Waals surface area contributed by atoms with E-state index in [1.807, 2.05) is 17.9 Å². The number of anilines is 1. The average molecular weight is 308 g/mol. The van der Waals surface area contributed by atoms with Crippen LogP contribution in [0.1, 0.15) is 24.1 Å². The Balaban J connectivity index is 2.31. The van der Waals surface area contributed by atoms with E-state index in [4.69, 9.17) is 0 Å². The van der Waals surface area contributed by atoms with Crippen LogP contribution in [0.4, 0.5) is 5.69 Å². The van der Waals surface area contributed by atoms with E-state index in [1.54, 1.807) is 20.3 Å². The number of pyridine rings is 1. The first kappa shape index (κ1) is 15.7. The highest BCUT2D eigenvalue weighted by Gasteiger charge is 2.33. The van der Waals surface area contributed by atoms with Crippen molar-refractivity contribution >= 4 is 15.7 Å². The summed E-state index contributed by atoms with van der Waals surface area (Å²) in [5.41, 5.74) is 2.09. The van der Waals surface area contributed by atoms with Crippen LogP contribution in [0.5, 0.6) is 0 Å². The number of aryl methyl sites for hydroxylation is 1. The van der Waals surface area contributed by atoms with E-state index in [0.717, 1.165) is 24.3 Å². The molecule has 1 atom stereocenters. The number of nitriles is 1. The van der Waals surface area contributed by atoms with Crippen LogP contribution in [-0.4, -0.2) is 50.1 Å². The highest BCUT2D eigenvalue weighted by atomic mass is 32.2. The van der Waals surface area contributed by atoms with Gasteiger partial charge in [-0.3, -0.25) is 4.98 Å². The minimum atomic E-state index is -3.28. The molecule has 0 bridgehead atoms. The first-order valence-corrected chi connectivity index (χ1v) is 8.39. The van der Waals surface area contributed by atoms with Gasteiger partial charge in [0, 0.05) is 39.1 Å². The van der Waals surface area contributed by atoms with E-state index in [0.29, 0.717) is 18.5 Å². The van der Waals surface area contributed by atoms with E-state index in [9.17, 15) is 13.7 Å². The van der Waals surface area contributed by atoms with Gasteiger partial charge in [-0.1, -0.05) is 0 Å². The van der Waals surface area contributed by atoms with Crippen LogP contribution >= 0.6 is 0 Å². The zero-order chi connectivity index (χ0) is 15.6. The summed E-state index contributed by atoms with van der Waals surface area (Å²) < 4.78 is 25.9. The molecule has 0 amide bonds. The van der Waals surface area contributed by atoms with E-state index < -0.39 is 15.3 Å². The van der Waals surface area contributed by atoms with Crippen LogP contribution in [0, 0.1) is 18.3 Å². The van der Waals surface area contributed by atoms with Crippen molar-refractivity contribution in [2.24, 2.45) is 0 Å². The standard InChI is InChI=1S/C14H20N4O2S/c1-11-7-14(12(8-15)9-16-11)18-6-4-5-13(10-18)21(19,20)17(2)3/h7,9,13H,4-6,10H2,1-3H3/t13-/m0/s1. The molecule has 0 aliphatic carbocycles. The van der Waals surface area contributed by atoms with Gasteiger partial charge in [0.2, 0.25) is 10.0 Å². The molecular weight excluding hydrogens is 288 g/mol. The molecule has 21 heavy (non-hydrogen) atoms. The zero-order valence-corrected chi connectivity index (χ0v) is 13.4. The number of sulfonamides is 1. The van der Waals surface area contributed by atoms with Gasteiger partial charge in [0.25, 0.3) is 0 Å². The van der Waals surface area contributed by atoms with Crippen LogP contribution in [0.2, 0.25) is 0 Å². The second-order valence-corrected chi connectivity index (χ2v) is 7.92. The molecule has 0 saturated carbocycles. The molecule has 6 nitrogen and oxygen atoms in total. The number of hydrogen-bond donors (Lipinski definition) is 0. The van der Waals surface area contributed by atoms with Crippen molar-refractivity contribution in [3.8, 4) is 6.07 Å². The Morgan fingerprint density at radius 3 is 2.81 bits per heavy atom. The van der Waals surface area contributed by atoms with Crippen molar-refractivity contribution in [1.29, 1.82) is 5.26 Å². The van der Waals surface area contributed by atoms with Crippen molar-refractivity contribution in [3.05, 3.63) is 23.5 Å². The molecule has 1 saturated heterocycles. The van der Waals surface area contributed by atoms with Crippen molar-refractivity contribution in [2.75, 3.05) is 32.1 Å². The van der Waals surface area contributed by atoms with Crippen LogP contribution < -0.4 is 4.90 Å². The smallest absolute Gasteiger partial charge is 0.218 e. The van der Waals surface area contributed by atoms with Crippen molar-refractivity contribution in [3.63, 3.8) is 0 Å². The van der Waals surface area contributed by atoms with Crippen LogP contribution in [0.15, 0.2) is 12.3 Å². The minimum absolute atomic E-state index is 0.415. The molecule has 2 rings (SSSR count). The molecule has 1 aromatic heterocycles. The Bertz CT molecular complexity index is 664. The third kappa shape index (κ3) is 3.17. The van der Waals surface area contributed by atoms with E-state index in [1.165, 1.54) is 4.31 Å². The topological polar surface area (TPSA) is 77.3 Å². The van der Waals surface area contributed by atoms with Gasteiger partial charge in [-0.05, 0) is 25.8 Å². The SMILES string of the molecule is Cc1cc(N2CCC[C@H](S(=O)(=O)N(C)C)C2)c(C#N)cn1. The van der Waals surface area contributed by atoms with Gasteiger partial charge < -0.3 is 4.90 Å². The maximum atomic E-state index is 12.3. The Kier molecular flexibility index (Phi) is 4.49. The maximum absolute atomic E-state index is 12.3. The fourth-order valence-corrected chi connectivity index (χ4v) is 4.02. The third-order valence-electron chi connectivity index (χ3n) is 3.79. The molecule has 7 heteroatoms. The molecule has 114 valence electrons. The lowest BCUT2D eigenvalue weighted by atomic mass is 10.1. The van der Waals surface area contributed by atoms with Gasteiger partial charge in [-0.15, -0.1) is 0 Å². The lowest BCUT2D eigenvalue weighted by Crippen LogP contribution is -2.46. The predicted octanol–water partition coefficient (Wildman–Crippen LogP) is 1.12. The minimum Gasteiger partial charge on any atom is -0.369 e. The summed E-state index contributed by atoms with van der Waals surface area (Å²) in [5.74, 6) is 0. The molecule has 1 aliphatic heterocycles. The largest absolute Gasteiger partial charge is 0.369 e. The Morgan fingerprint density at radius 2 is 2.19 bits per heavy atom. The summed E-state index contributed by atoms with van der Waals surface area (Å²) in [6, 6.07) is 3.98. The summed E-state index contributed by atoms with van der Waals surface area (Å²) >= 11 is 0. The van der Waals surface area contributed by atoms with Gasteiger partial charge in [-0.2, -0.15) is 5.26 Å². The molecule has 1 aromatic rings. The van der Waals surface area contributed by atoms with Crippen molar-refractivity contribution < 1.29 is 8.42 Å². The average Bonchev–Trinajstić information content (AvgIpc) is 2.47. The van der Waals surface area contributed by atoms with Gasteiger partial charge in [0.15, 0.2) is 0 Å². The lowest BCUT2D eigenvalue weighted by molar-refractivity contribution is 0.478. The monoisotopic (exact) mass is 308 g/mol. The molecule has 0 aromatic carbocycles. The number of aromatic nitrogens is 1. The molecule has 0 radical (unpaired) electrons. The zero-order valence-electron chi connectivity index (χ0n) is 12.6. The van der Waals surface area contributed by atoms with E-state index >= 15 is 0 Å². The van der Waals surface area contributed by atoms with E-state index in [2.05, 4.69) is 11.1 Å². The Hall–Kier alpha value is -1.65. The molecule has 2 heterocycles. The number of nitrogens with zero attached hydrogens (tertiary/aromatic N) is 4. The highest BCUT2D eigenvalue weighted by molar-refractivity contribution is 7.89. The van der Waals surface area contributed by atoms with Gasteiger partial charge in [0.05, 0.1) is 16.5 Å². The molecule has 0 unspecified atom stereocenters. The fourth-order valence-electron chi connectivity index (χ4n) is 2.59. The summed E-state index contributed by atoms with van der Waals surface area (Å²) in [7, 11) is -0.155. The third-order valence-corrected chi connectivity index (χ3v) is 6.03. The second kappa shape index (κ2) is 6.00. The maximum Gasteiger partial charge on any atom is 0.218 e.